The molecule has 0 heterocycles. The maximum Gasteiger partial charge on any atom is 0.335 e. The van der Waals surface area contributed by atoms with Crippen molar-refractivity contribution in [1.82, 2.24) is 0 Å². The van der Waals surface area contributed by atoms with Crippen LogP contribution < -0.4 is 4.90 Å². The molecule has 0 saturated heterocycles. The number of halogens is 1. The van der Waals surface area contributed by atoms with Crippen LogP contribution in [0.15, 0.2) is 18.2 Å². The minimum atomic E-state index is -0.937. The Morgan fingerprint density at radius 1 is 1.50 bits per heavy atom. The number of hydrogen-bond acceptors (Lipinski definition) is 2. The Morgan fingerprint density at radius 3 is 2.72 bits per heavy atom. The maximum absolute atomic E-state index is 10.9. The Bertz CT molecular complexity index is 443. The van der Waals surface area contributed by atoms with Gasteiger partial charge in [0.15, 0.2) is 0 Å². The second kappa shape index (κ2) is 5.61. The second-order valence-electron chi connectivity index (χ2n) is 4.86. The van der Waals surface area contributed by atoms with Crippen molar-refractivity contribution in [1.29, 1.82) is 0 Å². The molecule has 0 amide bonds. The van der Waals surface area contributed by atoms with E-state index >= 15 is 0 Å². The average molecular weight is 268 g/mol. The number of rotatable bonds is 6. The van der Waals surface area contributed by atoms with Gasteiger partial charge in [-0.3, -0.25) is 0 Å². The van der Waals surface area contributed by atoms with Gasteiger partial charge >= 0.3 is 5.97 Å². The van der Waals surface area contributed by atoms with Gasteiger partial charge in [-0.25, -0.2) is 4.79 Å². The van der Waals surface area contributed by atoms with Gasteiger partial charge in [-0.2, -0.15) is 0 Å². The fourth-order valence-electron chi connectivity index (χ4n) is 2.09. The molecule has 4 heteroatoms. The highest BCUT2D eigenvalue weighted by atomic mass is 35.5. The van der Waals surface area contributed by atoms with Crippen LogP contribution in [0.25, 0.3) is 0 Å². The summed E-state index contributed by atoms with van der Waals surface area (Å²) in [6.45, 7) is 4.13. The van der Waals surface area contributed by atoms with Gasteiger partial charge in [0, 0.05) is 13.1 Å². The first-order chi connectivity index (χ1) is 8.61. The number of anilines is 1. The van der Waals surface area contributed by atoms with Gasteiger partial charge in [-0.15, -0.1) is 0 Å². The predicted octanol–water partition coefficient (Wildman–Crippen LogP) is 3.66. The van der Waals surface area contributed by atoms with Gasteiger partial charge in [0.1, 0.15) is 0 Å². The molecule has 0 aromatic heterocycles. The maximum atomic E-state index is 10.9. The predicted molar refractivity (Wildman–Crippen MR) is 73.6 cm³/mol. The number of carboxylic acid groups (broad SMARTS) is 1. The van der Waals surface area contributed by atoms with Crippen molar-refractivity contribution < 1.29 is 9.90 Å². The number of hydrogen-bond donors (Lipinski definition) is 1. The summed E-state index contributed by atoms with van der Waals surface area (Å²) in [5.41, 5.74) is 1.20. The minimum absolute atomic E-state index is 0.242. The third-order valence-corrected chi connectivity index (χ3v) is 3.51. The molecule has 1 aromatic carbocycles. The molecular weight excluding hydrogens is 250 g/mol. The Balaban J connectivity index is 2.20. The zero-order valence-corrected chi connectivity index (χ0v) is 11.3. The molecular formula is C14H18ClNO2. The Hall–Kier alpha value is -1.22. The van der Waals surface area contributed by atoms with Crippen LogP contribution in [0.2, 0.25) is 5.02 Å². The summed E-state index contributed by atoms with van der Waals surface area (Å²) < 4.78 is 0. The van der Waals surface area contributed by atoms with Gasteiger partial charge in [0.2, 0.25) is 0 Å². The van der Waals surface area contributed by atoms with Crippen LogP contribution in [0, 0.1) is 5.92 Å². The van der Waals surface area contributed by atoms with E-state index in [0.717, 1.165) is 31.1 Å². The zero-order valence-electron chi connectivity index (χ0n) is 10.5. The number of carboxylic acids is 1. The first-order valence-corrected chi connectivity index (χ1v) is 6.77. The average Bonchev–Trinajstić information content (AvgIpc) is 3.12. The van der Waals surface area contributed by atoms with Crippen LogP contribution in [-0.4, -0.2) is 24.2 Å². The highest BCUT2D eigenvalue weighted by Gasteiger charge is 2.25. The Morgan fingerprint density at radius 2 is 2.22 bits per heavy atom. The minimum Gasteiger partial charge on any atom is -0.478 e. The summed E-state index contributed by atoms with van der Waals surface area (Å²) in [5, 5.41) is 9.46. The molecule has 1 aliphatic rings. The summed E-state index contributed by atoms with van der Waals surface area (Å²) in [5.74, 6) is -0.153. The van der Waals surface area contributed by atoms with Gasteiger partial charge in [0.05, 0.1) is 16.3 Å². The smallest absolute Gasteiger partial charge is 0.335 e. The molecule has 0 aliphatic heterocycles. The molecule has 1 fully saturated rings. The number of aromatic carboxylic acids is 1. The van der Waals surface area contributed by atoms with E-state index in [9.17, 15) is 4.79 Å². The largest absolute Gasteiger partial charge is 0.478 e. The van der Waals surface area contributed by atoms with Gasteiger partial charge < -0.3 is 10.0 Å². The normalized spacial score (nSPS) is 14.6. The number of carbonyl (C=O) groups is 1. The zero-order chi connectivity index (χ0) is 13.1. The summed E-state index contributed by atoms with van der Waals surface area (Å²) >= 11 is 6.20. The molecule has 1 aromatic rings. The molecule has 0 spiro atoms. The molecule has 3 nitrogen and oxygen atoms in total. The van der Waals surface area contributed by atoms with E-state index in [2.05, 4.69) is 11.8 Å². The van der Waals surface area contributed by atoms with Gasteiger partial charge in [-0.1, -0.05) is 18.5 Å². The van der Waals surface area contributed by atoms with Crippen molar-refractivity contribution in [2.24, 2.45) is 5.92 Å². The summed E-state index contributed by atoms with van der Waals surface area (Å²) in [7, 11) is 0. The fraction of sp³-hybridized carbons (Fsp3) is 0.500. The van der Waals surface area contributed by atoms with Crippen LogP contribution in [0.4, 0.5) is 5.69 Å². The SMILES string of the molecule is CCCN(CC1CC1)c1ccc(C(=O)O)cc1Cl. The molecule has 0 unspecified atom stereocenters. The van der Waals surface area contributed by atoms with Crippen molar-refractivity contribution in [3.63, 3.8) is 0 Å². The van der Waals surface area contributed by atoms with Crippen molar-refractivity contribution in [3.8, 4) is 0 Å². The van der Waals surface area contributed by atoms with Crippen LogP contribution in [0.3, 0.4) is 0 Å². The van der Waals surface area contributed by atoms with E-state index in [-0.39, 0.29) is 5.56 Å². The first kappa shape index (κ1) is 13.2. The van der Waals surface area contributed by atoms with Crippen molar-refractivity contribution in [3.05, 3.63) is 28.8 Å². The second-order valence-corrected chi connectivity index (χ2v) is 5.27. The third-order valence-electron chi connectivity index (χ3n) is 3.20. The van der Waals surface area contributed by atoms with Crippen molar-refractivity contribution in [2.75, 3.05) is 18.0 Å². The lowest BCUT2D eigenvalue weighted by Gasteiger charge is -2.25. The highest BCUT2D eigenvalue weighted by molar-refractivity contribution is 6.33. The van der Waals surface area contributed by atoms with Crippen LogP contribution in [0.1, 0.15) is 36.5 Å². The van der Waals surface area contributed by atoms with E-state index in [4.69, 9.17) is 16.7 Å². The highest BCUT2D eigenvalue weighted by Crippen LogP contribution is 2.34. The van der Waals surface area contributed by atoms with E-state index < -0.39 is 5.97 Å². The molecule has 1 aliphatic carbocycles. The van der Waals surface area contributed by atoms with Gasteiger partial charge in [-0.05, 0) is 43.4 Å². The lowest BCUT2D eigenvalue weighted by Crippen LogP contribution is -2.26. The first-order valence-electron chi connectivity index (χ1n) is 6.39. The molecule has 0 bridgehead atoms. The molecule has 0 atom stereocenters. The van der Waals surface area contributed by atoms with E-state index in [1.807, 2.05) is 6.07 Å². The summed E-state index contributed by atoms with van der Waals surface area (Å²) in [4.78, 5) is 13.1. The molecule has 1 saturated carbocycles. The third kappa shape index (κ3) is 3.16. The molecule has 98 valence electrons. The summed E-state index contributed by atoms with van der Waals surface area (Å²) in [6, 6.07) is 4.98. The molecule has 0 radical (unpaired) electrons. The fourth-order valence-corrected chi connectivity index (χ4v) is 2.39. The number of nitrogens with zero attached hydrogens (tertiary/aromatic N) is 1. The van der Waals surface area contributed by atoms with Crippen LogP contribution in [0.5, 0.6) is 0 Å². The van der Waals surface area contributed by atoms with E-state index in [1.54, 1.807) is 6.07 Å². The van der Waals surface area contributed by atoms with Crippen LogP contribution in [-0.2, 0) is 0 Å². The van der Waals surface area contributed by atoms with E-state index in [1.165, 1.54) is 18.9 Å². The lowest BCUT2D eigenvalue weighted by atomic mass is 10.2. The Labute approximate surface area is 112 Å². The molecule has 2 rings (SSSR count). The van der Waals surface area contributed by atoms with Gasteiger partial charge in [0.25, 0.3) is 0 Å². The quantitative estimate of drug-likeness (QED) is 0.855. The summed E-state index contributed by atoms with van der Waals surface area (Å²) in [6.07, 6.45) is 3.65. The topological polar surface area (TPSA) is 40.5 Å². The van der Waals surface area contributed by atoms with Crippen LogP contribution >= 0.6 is 11.6 Å². The molecule has 1 N–H and O–H groups in total. The van der Waals surface area contributed by atoms with Crippen molar-refractivity contribution >= 4 is 23.3 Å². The molecule has 18 heavy (non-hydrogen) atoms. The lowest BCUT2D eigenvalue weighted by molar-refractivity contribution is 0.0697. The standard InChI is InChI=1S/C14H18ClNO2/c1-2-7-16(9-10-3-4-10)13-6-5-11(14(17)18)8-12(13)15/h5-6,8,10H,2-4,7,9H2,1H3,(H,17,18). The Kier molecular flexibility index (Phi) is 4.12. The number of benzene rings is 1. The van der Waals surface area contributed by atoms with Crippen molar-refractivity contribution in [2.45, 2.75) is 26.2 Å². The van der Waals surface area contributed by atoms with E-state index in [0.29, 0.717) is 5.02 Å². The monoisotopic (exact) mass is 267 g/mol.